The first kappa shape index (κ1) is 14.2. The lowest BCUT2D eigenvalue weighted by Crippen LogP contribution is -2.34. The minimum atomic E-state index is 0.279. The van der Waals surface area contributed by atoms with E-state index in [4.69, 9.17) is 0 Å². The molecule has 0 aliphatic carbocycles. The maximum absolute atomic E-state index is 4.52. The summed E-state index contributed by atoms with van der Waals surface area (Å²) in [4.78, 5) is 11.4. The third-order valence-corrected chi connectivity index (χ3v) is 4.01. The van der Waals surface area contributed by atoms with Crippen LogP contribution in [0.1, 0.15) is 62.7 Å². The maximum Gasteiger partial charge on any atom is 0.167 e. The van der Waals surface area contributed by atoms with E-state index in [1.165, 1.54) is 12.8 Å². The fraction of sp³-hybridized carbons (Fsp3) is 0.714. The van der Waals surface area contributed by atoms with Gasteiger partial charge in [0.05, 0.1) is 12.6 Å². The molecule has 1 atom stereocenters. The predicted molar refractivity (Wildman–Crippen MR) is 78.5 cm³/mol. The molecule has 3 rings (SSSR count). The topological polar surface area (TPSA) is 75.5 Å². The van der Waals surface area contributed by atoms with Gasteiger partial charge in [0.25, 0.3) is 0 Å². The second-order valence-corrected chi connectivity index (χ2v) is 5.98. The fourth-order valence-electron chi connectivity index (χ4n) is 2.98. The highest BCUT2D eigenvalue weighted by molar-refractivity contribution is 4.99. The van der Waals surface area contributed by atoms with Gasteiger partial charge in [-0.2, -0.15) is 10.2 Å². The summed E-state index contributed by atoms with van der Waals surface area (Å²) in [5.41, 5.74) is 0. The summed E-state index contributed by atoms with van der Waals surface area (Å²) < 4.78 is 1.99. The monoisotopic (exact) mass is 289 g/mol. The molecule has 7 heteroatoms. The summed E-state index contributed by atoms with van der Waals surface area (Å²) in [6, 6.07) is 0.609. The van der Waals surface area contributed by atoms with Gasteiger partial charge in [0, 0.05) is 6.04 Å². The van der Waals surface area contributed by atoms with Crippen molar-refractivity contribution in [3.63, 3.8) is 0 Å². The second kappa shape index (κ2) is 5.93. The lowest BCUT2D eigenvalue weighted by Gasteiger charge is -2.33. The standard InChI is InChI=1S/C14H23N7/c1-10(2)21-13(15-9-16-21)8-20-7-5-4-6-12(20)14-17-11(3)18-19-14/h9-10,12H,4-8H2,1-3H3,(H,17,18,19)/t12-/m0/s1. The zero-order chi connectivity index (χ0) is 14.8. The van der Waals surface area contributed by atoms with Crippen molar-refractivity contribution in [1.29, 1.82) is 0 Å². The molecule has 0 spiro atoms. The molecular weight excluding hydrogens is 266 g/mol. The van der Waals surface area contributed by atoms with Gasteiger partial charge in [-0.3, -0.25) is 10.00 Å². The van der Waals surface area contributed by atoms with Crippen molar-refractivity contribution in [3.05, 3.63) is 23.8 Å². The van der Waals surface area contributed by atoms with Crippen LogP contribution in [0.3, 0.4) is 0 Å². The molecular formula is C14H23N7. The van der Waals surface area contributed by atoms with Crippen molar-refractivity contribution in [2.24, 2.45) is 0 Å². The summed E-state index contributed by atoms with van der Waals surface area (Å²) in [6.45, 7) is 8.06. The first-order chi connectivity index (χ1) is 10.1. The Bertz CT molecular complexity index is 586. The third kappa shape index (κ3) is 2.97. The average Bonchev–Trinajstić information content (AvgIpc) is 3.08. The largest absolute Gasteiger partial charge is 0.286 e. The molecule has 2 aromatic rings. The van der Waals surface area contributed by atoms with Crippen LogP contribution in [0.5, 0.6) is 0 Å². The average molecular weight is 289 g/mol. The van der Waals surface area contributed by atoms with Gasteiger partial charge in [0.2, 0.25) is 0 Å². The van der Waals surface area contributed by atoms with Gasteiger partial charge < -0.3 is 0 Å². The molecule has 0 radical (unpaired) electrons. The van der Waals surface area contributed by atoms with Gasteiger partial charge in [0.1, 0.15) is 18.0 Å². The molecule has 114 valence electrons. The molecule has 0 bridgehead atoms. The summed E-state index contributed by atoms with van der Waals surface area (Å²) in [5.74, 6) is 2.80. The molecule has 0 saturated carbocycles. The fourth-order valence-corrected chi connectivity index (χ4v) is 2.98. The van der Waals surface area contributed by atoms with Gasteiger partial charge in [0.15, 0.2) is 5.82 Å². The normalized spacial score (nSPS) is 20.3. The molecule has 1 aliphatic heterocycles. The lowest BCUT2D eigenvalue weighted by atomic mass is 10.0. The van der Waals surface area contributed by atoms with Crippen LogP contribution >= 0.6 is 0 Å². The van der Waals surface area contributed by atoms with Crippen molar-refractivity contribution < 1.29 is 0 Å². The van der Waals surface area contributed by atoms with E-state index in [2.05, 4.69) is 44.0 Å². The van der Waals surface area contributed by atoms with Crippen LogP contribution in [-0.2, 0) is 6.54 Å². The Hall–Kier alpha value is -1.76. The molecule has 2 aromatic heterocycles. The van der Waals surface area contributed by atoms with Crippen LogP contribution in [0.15, 0.2) is 6.33 Å². The van der Waals surface area contributed by atoms with Crippen molar-refractivity contribution >= 4 is 0 Å². The number of aromatic amines is 1. The highest BCUT2D eigenvalue weighted by atomic mass is 15.4. The summed E-state index contributed by atoms with van der Waals surface area (Å²) in [5, 5.41) is 11.6. The Morgan fingerprint density at radius 2 is 2.24 bits per heavy atom. The Kier molecular flexibility index (Phi) is 4.01. The van der Waals surface area contributed by atoms with E-state index in [9.17, 15) is 0 Å². The molecule has 1 fully saturated rings. The van der Waals surface area contributed by atoms with E-state index in [0.29, 0.717) is 6.04 Å². The predicted octanol–water partition coefficient (Wildman–Crippen LogP) is 2.01. The Labute approximate surface area is 124 Å². The third-order valence-electron chi connectivity index (χ3n) is 4.01. The van der Waals surface area contributed by atoms with Crippen LogP contribution < -0.4 is 0 Å². The number of piperidine rings is 1. The zero-order valence-electron chi connectivity index (χ0n) is 13.0. The first-order valence-corrected chi connectivity index (χ1v) is 7.66. The van der Waals surface area contributed by atoms with Crippen LogP contribution in [0, 0.1) is 6.92 Å². The van der Waals surface area contributed by atoms with Crippen LogP contribution in [0.4, 0.5) is 0 Å². The van der Waals surface area contributed by atoms with E-state index in [0.717, 1.165) is 37.0 Å². The lowest BCUT2D eigenvalue weighted by molar-refractivity contribution is 0.127. The highest BCUT2D eigenvalue weighted by Gasteiger charge is 2.28. The van der Waals surface area contributed by atoms with E-state index in [-0.39, 0.29) is 6.04 Å². The van der Waals surface area contributed by atoms with Crippen LogP contribution in [0.2, 0.25) is 0 Å². The van der Waals surface area contributed by atoms with Crippen molar-refractivity contribution in [1.82, 2.24) is 34.8 Å². The molecule has 0 amide bonds. The maximum atomic E-state index is 4.52. The van der Waals surface area contributed by atoms with E-state index in [1.54, 1.807) is 6.33 Å². The molecule has 1 aliphatic rings. The summed E-state index contributed by atoms with van der Waals surface area (Å²) in [6.07, 6.45) is 5.19. The number of H-pyrrole nitrogens is 1. The quantitative estimate of drug-likeness (QED) is 0.932. The van der Waals surface area contributed by atoms with E-state index >= 15 is 0 Å². The molecule has 3 heterocycles. The second-order valence-electron chi connectivity index (χ2n) is 5.98. The first-order valence-electron chi connectivity index (χ1n) is 7.66. The smallest absolute Gasteiger partial charge is 0.167 e. The zero-order valence-corrected chi connectivity index (χ0v) is 13.0. The molecule has 1 N–H and O–H groups in total. The van der Waals surface area contributed by atoms with Crippen LogP contribution in [0.25, 0.3) is 0 Å². The summed E-state index contributed by atoms with van der Waals surface area (Å²) >= 11 is 0. The molecule has 0 unspecified atom stereocenters. The number of aryl methyl sites for hydroxylation is 1. The Morgan fingerprint density at radius 3 is 2.95 bits per heavy atom. The van der Waals surface area contributed by atoms with Crippen molar-refractivity contribution in [2.75, 3.05) is 6.54 Å². The van der Waals surface area contributed by atoms with Gasteiger partial charge in [-0.25, -0.2) is 14.6 Å². The number of hydrogen-bond acceptors (Lipinski definition) is 5. The van der Waals surface area contributed by atoms with E-state index < -0.39 is 0 Å². The number of likely N-dealkylation sites (tertiary alicyclic amines) is 1. The Morgan fingerprint density at radius 1 is 1.38 bits per heavy atom. The van der Waals surface area contributed by atoms with Gasteiger partial charge >= 0.3 is 0 Å². The summed E-state index contributed by atoms with van der Waals surface area (Å²) in [7, 11) is 0. The molecule has 21 heavy (non-hydrogen) atoms. The number of aromatic nitrogens is 6. The number of hydrogen-bond donors (Lipinski definition) is 1. The van der Waals surface area contributed by atoms with E-state index in [1.807, 2.05) is 11.6 Å². The SMILES string of the molecule is Cc1nc([C@@H]2CCCCN2Cc2ncnn2C(C)C)n[nH]1. The molecule has 7 nitrogen and oxygen atoms in total. The number of nitrogens with zero attached hydrogens (tertiary/aromatic N) is 6. The minimum Gasteiger partial charge on any atom is -0.286 e. The van der Waals surface area contributed by atoms with Crippen molar-refractivity contribution in [2.45, 2.75) is 58.7 Å². The van der Waals surface area contributed by atoms with Gasteiger partial charge in [-0.05, 0) is 40.2 Å². The van der Waals surface area contributed by atoms with Gasteiger partial charge in [-0.15, -0.1) is 0 Å². The molecule has 1 saturated heterocycles. The van der Waals surface area contributed by atoms with Crippen molar-refractivity contribution in [3.8, 4) is 0 Å². The van der Waals surface area contributed by atoms with Gasteiger partial charge in [-0.1, -0.05) is 6.42 Å². The number of rotatable bonds is 4. The Balaban J connectivity index is 1.80. The molecule has 0 aromatic carbocycles. The minimum absolute atomic E-state index is 0.279. The van der Waals surface area contributed by atoms with Crippen LogP contribution in [-0.4, -0.2) is 41.4 Å². The number of nitrogens with one attached hydrogen (secondary N) is 1. The highest BCUT2D eigenvalue weighted by Crippen LogP contribution is 2.30.